The number of nitrogens with two attached hydrogens (primary N) is 1. The van der Waals surface area contributed by atoms with Crippen LogP contribution in [0.25, 0.3) is 0 Å². The molecule has 0 aromatic heterocycles. The Morgan fingerprint density at radius 3 is 2.53 bits per heavy atom. The Balaban J connectivity index is 2.80. The number of carbonyl (C=O) groups excluding carboxylic acids is 1. The van der Waals surface area contributed by atoms with Gasteiger partial charge in [0, 0.05) is 18.2 Å². The van der Waals surface area contributed by atoms with E-state index in [1.54, 1.807) is 19.1 Å². The molecule has 0 bridgehead atoms. The van der Waals surface area contributed by atoms with Gasteiger partial charge in [-0.15, -0.1) is 0 Å². The number of rotatable bonds is 5. The number of carboxylic acid groups (broad SMARTS) is 1. The van der Waals surface area contributed by atoms with Crippen molar-refractivity contribution < 1.29 is 14.7 Å². The second-order valence-electron chi connectivity index (χ2n) is 4.94. The van der Waals surface area contributed by atoms with E-state index in [4.69, 9.17) is 10.8 Å². The molecule has 5 nitrogen and oxygen atoms in total. The van der Waals surface area contributed by atoms with Gasteiger partial charge >= 0.3 is 5.97 Å². The molecule has 1 aromatic rings. The molecule has 1 amide bonds. The van der Waals surface area contributed by atoms with Crippen LogP contribution in [0.5, 0.6) is 0 Å². The Kier molecular flexibility index (Phi) is 5.06. The Bertz CT molecular complexity index is 484. The minimum absolute atomic E-state index is 0.186. The molecule has 5 heteroatoms. The second kappa shape index (κ2) is 6.33. The number of hydrogen-bond donors (Lipinski definition) is 3. The molecular formula is C14H20N2O3. The summed E-state index contributed by atoms with van der Waals surface area (Å²) in [6.07, 6.45) is 0.217. The van der Waals surface area contributed by atoms with Crippen molar-refractivity contribution in [1.82, 2.24) is 0 Å². The lowest BCUT2D eigenvalue weighted by atomic mass is 10.0. The number of carboxylic acids is 1. The minimum atomic E-state index is -1.01. The SMILES string of the molecule is Cc1c(NC(=O)CC(N)C(C)C)cccc1C(=O)O. The average molecular weight is 264 g/mol. The van der Waals surface area contributed by atoms with Crippen LogP contribution in [0.2, 0.25) is 0 Å². The molecule has 19 heavy (non-hydrogen) atoms. The maximum Gasteiger partial charge on any atom is 0.336 e. The van der Waals surface area contributed by atoms with Gasteiger partial charge in [-0.1, -0.05) is 19.9 Å². The van der Waals surface area contributed by atoms with E-state index in [9.17, 15) is 9.59 Å². The van der Waals surface area contributed by atoms with Crippen LogP contribution < -0.4 is 11.1 Å². The minimum Gasteiger partial charge on any atom is -0.478 e. The van der Waals surface area contributed by atoms with Crippen LogP contribution in [0.1, 0.15) is 36.2 Å². The number of anilines is 1. The van der Waals surface area contributed by atoms with Gasteiger partial charge in [-0.25, -0.2) is 4.79 Å². The molecular weight excluding hydrogens is 244 g/mol. The van der Waals surface area contributed by atoms with Crippen molar-refractivity contribution in [2.75, 3.05) is 5.32 Å². The van der Waals surface area contributed by atoms with E-state index in [0.717, 1.165) is 0 Å². The topological polar surface area (TPSA) is 92.4 Å². The number of amides is 1. The van der Waals surface area contributed by atoms with Crippen LogP contribution in [0.3, 0.4) is 0 Å². The van der Waals surface area contributed by atoms with Crippen LogP contribution in [0, 0.1) is 12.8 Å². The molecule has 0 spiro atoms. The van der Waals surface area contributed by atoms with Crippen molar-refractivity contribution in [3.05, 3.63) is 29.3 Å². The first-order valence-corrected chi connectivity index (χ1v) is 6.21. The van der Waals surface area contributed by atoms with Gasteiger partial charge in [-0.3, -0.25) is 4.79 Å². The lowest BCUT2D eigenvalue weighted by Gasteiger charge is -2.16. The van der Waals surface area contributed by atoms with E-state index < -0.39 is 5.97 Å². The first-order valence-electron chi connectivity index (χ1n) is 6.21. The maximum atomic E-state index is 11.8. The van der Waals surface area contributed by atoms with E-state index in [2.05, 4.69) is 5.32 Å². The van der Waals surface area contributed by atoms with Gasteiger partial charge in [-0.2, -0.15) is 0 Å². The van der Waals surface area contributed by atoms with Gasteiger partial charge in [0.15, 0.2) is 0 Å². The summed E-state index contributed by atoms with van der Waals surface area (Å²) < 4.78 is 0. The largest absolute Gasteiger partial charge is 0.478 e. The third kappa shape index (κ3) is 4.06. The molecule has 0 saturated heterocycles. The first-order chi connectivity index (χ1) is 8.82. The molecule has 0 radical (unpaired) electrons. The summed E-state index contributed by atoms with van der Waals surface area (Å²) in [6.45, 7) is 5.57. The highest BCUT2D eigenvalue weighted by molar-refractivity contribution is 5.96. The van der Waals surface area contributed by atoms with E-state index >= 15 is 0 Å². The summed E-state index contributed by atoms with van der Waals surface area (Å²) in [5, 5.41) is 11.7. The summed E-state index contributed by atoms with van der Waals surface area (Å²) in [7, 11) is 0. The third-order valence-corrected chi connectivity index (χ3v) is 3.12. The monoisotopic (exact) mass is 264 g/mol. The second-order valence-corrected chi connectivity index (χ2v) is 4.94. The molecule has 0 heterocycles. The van der Waals surface area contributed by atoms with Crippen molar-refractivity contribution in [3.8, 4) is 0 Å². The Hall–Kier alpha value is -1.88. The smallest absolute Gasteiger partial charge is 0.336 e. The summed E-state index contributed by atoms with van der Waals surface area (Å²) in [4.78, 5) is 22.8. The summed E-state index contributed by atoms with van der Waals surface area (Å²) in [5.41, 5.74) is 7.08. The van der Waals surface area contributed by atoms with Crippen LogP contribution in [-0.4, -0.2) is 23.0 Å². The van der Waals surface area contributed by atoms with Crippen LogP contribution in [0.15, 0.2) is 18.2 Å². The molecule has 104 valence electrons. The van der Waals surface area contributed by atoms with Crippen molar-refractivity contribution in [2.45, 2.75) is 33.2 Å². The van der Waals surface area contributed by atoms with E-state index in [-0.39, 0.29) is 29.9 Å². The van der Waals surface area contributed by atoms with Crippen molar-refractivity contribution >= 4 is 17.6 Å². The Labute approximate surface area is 112 Å². The number of carbonyl (C=O) groups is 2. The lowest BCUT2D eigenvalue weighted by Crippen LogP contribution is -2.31. The highest BCUT2D eigenvalue weighted by Gasteiger charge is 2.15. The van der Waals surface area contributed by atoms with Gasteiger partial charge in [-0.05, 0) is 30.5 Å². The zero-order valence-corrected chi connectivity index (χ0v) is 11.4. The standard InChI is InChI=1S/C14H20N2O3/c1-8(2)11(15)7-13(17)16-12-6-4-5-10(9(12)3)14(18)19/h4-6,8,11H,7,15H2,1-3H3,(H,16,17)(H,18,19). The van der Waals surface area contributed by atoms with Crippen LogP contribution >= 0.6 is 0 Å². The van der Waals surface area contributed by atoms with Crippen LogP contribution in [0.4, 0.5) is 5.69 Å². The molecule has 1 aromatic carbocycles. The van der Waals surface area contributed by atoms with Gasteiger partial charge in [0.05, 0.1) is 5.56 Å². The summed E-state index contributed by atoms with van der Waals surface area (Å²) in [6, 6.07) is 4.59. The fraction of sp³-hybridized carbons (Fsp3) is 0.429. The van der Waals surface area contributed by atoms with Gasteiger partial charge in [0.1, 0.15) is 0 Å². The molecule has 0 aliphatic carbocycles. The summed E-state index contributed by atoms with van der Waals surface area (Å²) >= 11 is 0. The van der Waals surface area contributed by atoms with E-state index in [1.165, 1.54) is 6.07 Å². The normalized spacial score (nSPS) is 12.3. The fourth-order valence-electron chi connectivity index (χ4n) is 1.65. The predicted molar refractivity (Wildman–Crippen MR) is 74.2 cm³/mol. The van der Waals surface area contributed by atoms with E-state index in [0.29, 0.717) is 11.3 Å². The Morgan fingerprint density at radius 2 is 2.00 bits per heavy atom. The predicted octanol–water partition coefficient (Wildman–Crippen LogP) is 2.01. The molecule has 4 N–H and O–H groups in total. The van der Waals surface area contributed by atoms with Gasteiger partial charge in [0.25, 0.3) is 0 Å². The fourth-order valence-corrected chi connectivity index (χ4v) is 1.65. The van der Waals surface area contributed by atoms with Crippen LogP contribution in [-0.2, 0) is 4.79 Å². The number of nitrogens with one attached hydrogen (secondary N) is 1. The van der Waals surface area contributed by atoms with Crippen molar-refractivity contribution in [1.29, 1.82) is 0 Å². The molecule has 0 fully saturated rings. The molecule has 1 unspecified atom stereocenters. The number of benzene rings is 1. The number of aromatic carboxylic acids is 1. The van der Waals surface area contributed by atoms with E-state index in [1.807, 2.05) is 13.8 Å². The van der Waals surface area contributed by atoms with Crippen molar-refractivity contribution in [3.63, 3.8) is 0 Å². The quantitative estimate of drug-likeness (QED) is 0.758. The molecule has 0 saturated carbocycles. The van der Waals surface area contributed by atoms with Gasteiger partial charge in [0.2, 0.25) is 5.91 Å². The average Bonchev–Trinajstić information content (AvgIpc) is 2.31. The zero-order valence-electron chi connectivity index (χ0n) is 11.4. The highest BCUT2D eigenvalue weighted by Crippen LogP contribution is 2.19. The molecule has 0 aliphatic heterocycles. The number of hydrogen-bond acceptors (Lipinski definition) is 3. The molecule has 1 atom stereocenters. The molecule has 0 aliphatic rings. The van der Waals surface area contributed by atoms with Gasteiger partial charge < -0.3 is 16.2 Å². The molecule has 1 rings (SSSR count). The first kappa shape index (κ1) is 15.2. The Morgan fingerprint density at radius 1 is 1.37 bits per heavy atom. The van der Waals surface area contributed by atoms with Crippen molar-refractivity contribution in [2.24, 2.45) is 11.7 Å². The third-order valence-electron chi connectivity index (χ3n) is 3.12. The zero-order chi connectivity index (χ0) is 14.6. The lowest BCUT2D eigenvalue weighted by molar-refractivity contribution is -0.116. The maximum absolute atomic E-state index is 11.8. The summed E-state index contributed by atoms with van der Waals surface area (Å²) in [5.74, 6) is -0.989. The highest BCUT2D eigenvalue weighted by atomic mass is 16.4.